The largest absolute Gasteiger partial charge is 0.495 e. The van der Waals surface area contributed by atoms with Crippen molar-refractivity contribution in [1.29, 1.82) is 0 Å². The first-order valence-corrected chi connectivity index (χ1v) is 11.5. The Bertz CT molecular complexity index is 1100. The van der Waals surface area contributed by atoms with Crippen LogP contribution in [-0.2, 0) is 30.7 Å². The van der Waals surface area contributed by atoms with Gasteiger partial charge in [0.15, 0.2) is 0 Å². The molecule has 0 aliphatic carbocycles. The van der Waals surface area contributed by atoms with Crippen molar-refractivity contribution in [1.82, 2.24) is 4.31 Å². The summed E-state index contributed by atoms with van der Waals surface area (Å²) >= 11 is 0. The number of benzene rings is 2. The number of alkyl halides is 3. The number of aryl methyl sites for hydroxylation is 1. The van der Waals surface area contributed by atoms with E-state index in [0.717, 1.165) is 0 Å². The van der Waals surface area contributed by atoms with Crippen LogP contribution in [0, 0.1) is 6.92 Å². The molecular weight excluding hydrogens is 463 g/mol. The van der Waals surface area contributed by atoms with Crippen LogP contribution in [0.15, 0.2) is 47.4 Å². The summed E-state index contributed by atoms with van der Waals surface area (Å²) < 4.78 is 83.4. The fourth-order valence-corrected chi connectivity index (χ4v) is 5.10. The number of rotatable bonds is 7. The van der Waals surface area contributed by atoms with E-state index in [1.54, 1.807) is 6.07 Å². The molecule has 2 aromatic rings. The Morgan fingerprint density at radius 1 is 1.15 bits per heavy atom. The number of esters is 1. The normalized spacial score (nSPS) is 16.3. The molecule has 11 heteroatoms. The molecule has 1 aliphatic rings. The van der Waals surface area contributed by atoms with Gasteiger partial charge in [0.1, 0.15) is 10.6 Å². The molecule has 0 spiro atoms. The van der Waals surface area contributed by atoms with Crippen molar-refractivity contribution in [2.75, 3.05) is 33.4 Å². The number of carbonyl (C=O) groups excluding carboxylic acids is 1. The quantitative estimate of drug-likeness (QED) is 0.557. The zero-order valence-electron chi connectivity index (χ0n) is 18.1. The third-order valence-electron chi connectivity index (χ3n) is 5.18. The van der Waals surface area contributed by atoms with Crippen LogP contribution in [0.25, 0.3) is 0 Å². The maximum absolute atomic E-state index is 13.6. The highest BCUT2D eigenvalue weighted by molar-refractivity contribution is 7.89. The van der Waals surface area contributed by atoms with Crippen molar-refractivity contribution >= 4 is 16.0 Å². The summed E-state index contributed by atoms with van der Waals surface area (Å²) in [6.07, 6.45) is -7.79. The molecule has 0 N–H and O–H groups in total. The second-order valence-electron chi connectivity index (χ2n) is 7.45. The van der Waals surface area contributed by atoms with Gasteiger partial charge in [0.25, 0.3) is 0 Å². The lowest BCUT2D eigenvalue weighted by Crippen LogP contribution is -2.40. The molecule has 180 valence electrons. The lowest BCUT2D eigenvalue weighted by molar-refractivity contribution is -0.223. The maximum atomic E-state index is 13.6. The summed E-state index contributed by atoms with van der Waals surface area (Å²) in [6.45, 7) is 2.29. The highest BCUT2D eigenvalue weighted by Crippen LogP contribution is 2.37. The van der Waals surface area contributed by atoms with Gasteiger partial charge < -0.3 is 14.2 Å². The zero-order valence-corrected chi connectivity index (χ0v) is 18.9. The molecule has 7 nitrogen and oxygen atoms in total. The van der Waals surface area contributed by atoms with E-state index in [0.29, 0.717) is 5.56 Å². The molecule has 33 heavy (non-hydrogen) atoms. The first-order valence-electron chi connectivity index (χ1n) is 10.1. The minimum absolute atomic E-state index is 0.0617. The number of sulfonamides is 1. The van der Waals surface area contributed by atoms with Crippen molar-refractivity contribution in [3.63, 3.8) is 0 Å². The number of hydrogen-bond acceptors (Lipinski definition) is 6. The SMILES string of the molecule is COc1ccc(CC(=O)OC(c2ccccc2C)C(F)(F)F)cc1S(=O)(=O)N1CCOCC1. The number of methoxy groups -OCH3 is 1. The van der Waals surface area contributed by atoms with Crippen LogP contribution < -0.4 is 4.74 Å². The lowest BCUT2D eigenvalue weighted by Gasteiger charge is -2.27. The summed E-state index contributed by atoms with van der Waals surface area (Å²) in [4.78, 5) is 12.3. The van der Waals surface area contributed by atoms with Gasteiger partial charge in [0.05, 0.1) is 26.7 Å². The molecule has 1 fully saturated rings. The molecule has 2 aromatic carbocycles. The minimum atomic E-state index is -4.81. The number of nitrogens with zero attached hydrogens (tertiary/aromatic N) is 1. The standard InChI is InChI=1S/C22H24F3NO6S/c1-15-5-3-4-6-17(15)21(22(23,24)25)32-20(27)14-16-7-8-18(30-2)19(13-16)33(28,29)26-9-11-31-12-10-26/h3-8,13,21H,9-12,14H2,1-2H3. The summed E-state index contributed by atoms with van der Waals surface area (Å²) in [7, 11) is -2.66. The van der Waals surface area contributed by atoms with E-state index < -0.39 is 34.7 Å². The molecule has 0 bridgehead atoms. The smallest absolute Gasteiger partial charge is 0.429 e. The Labute approximate surface area is 190 Å². The predicted molar refractivity (Wildman–Crippen MR) is 112 cm³/mol. The first-order chi connectivity index (χ1) is 15.5. The Kier molecular flexibility index (Phi) is 7.65. The second-order valence-corrected chi connectivity index (χ2v) is 9.35. The highest BCUT2D eigenvalue weighted by atomic mass is 32.2. The summed E-state index contributed by atoms with van der Waals surface area (Å²) in [5.74, 6) is -1.08. The van der Waals surface area contributed by atoms with E-state index >= 15 is 0 Å². The van der Waals surface area contributed by atoms with Crippen molar-refractivity contribution in [3.8, 4) is 5.75 Å². The van der Waals surface area contributed by atoms with E-state index in [1.165, 1.54) is 54.7 Å². The average Bonchev–Trinajstić information content (AvgIpc) is 2.78. The first kappa shape index (κ1) is 25.0. The highest BCUT2D eigenvalue weighted by Gasteiger charge is 2.44. The van der Waals surface area contributed by atoms with Gasteiger partial charge in [-0.05, 0) is 30.2 Å². The van der Waals surface area contributed by atoms with E-state index in [2.05, 4.69) is 0 Å². The Balaban J connectivity index is 1.85. The van der Waals surface area contributed by atoms with Gasteiger partial charge in [-0.25, -0.2) is 8.42 Å². The molecular formula is C22H24F3NO6S. The van der Waals surface area contributed by atoms with Crippen LogP contribution in [0.2, 0.25) is 0 Å². The second kappa shape index (κ2) is 10.1. The summed E-state index contributed by atoms with van der Waals surface area (Å²) in [6, 6.07) is 9.76. The molecule has 1 heterocycles. The van der Waals surface area contributed by atoms with Gasteiger partial charge in [-0.1, -0.05) is 30.3 Å². The monoisotopic (exact) mass is 487 g/mol. The van der Waals surface area contributed by atoms with Gasteiger partial charge in [-0.3, -0.25) is 4.79 Å². The summed E-state index contributed by atoms with van der Waals surface area (Å²) in [5.41, 5.74) is 0.345. The number of halogens is 3. The van der Waals surface area contributed by atoms with Gasteiger partial charge >= 0.3 is 12.1 Å². The molecule has 1 unspecified atom stereocenters. The minimum Gasteiger partial charge on any atom is -0.495 e. The number of hydrogen-bond donors (Lipinski definition) is 0. The van der Waals surface area contributed by atoms with Gasteiger partial charge in [0.2, 0.25) is 16.1 Å². The molecule has 0 aromatic heterocycles. The summed E-state index contributed by atoms with van der Waals surface area (Å²) in [5, 5.41) is 0. The van der Waals surface area contributed by atoms with E-state index in [4.69, 9.17) is 14.2 Å². The van der Waals surface area contributed by atoms with Crippen molar-refractivity contribution in [2.24, 2.45) is 0 Å². The van der Waals surface area contributed by atoms with Gasteiger partial charge in [-0.2, -0.15) is 17.5 Å². The number of morpholine rings is 1. The third kappa shape index (κ3) is 5.84. The molecule has 0 radical (unpaired) electrons. The Morgan fingerprint density at radius 3 is 2.42 bits per heavy atom. The molecule has 0 saturated carbocycles. The maximum Gasteiger partial charge on any atom is 0.429 e. The molecule has 1 saturated heterocycles. The van der Waals surface area contributed by atoms with Crippen LogP contribution in [-0.4, -0.2) is 58.3 Å². The van der Waals surface area contributed by atoms with E-state index in [9.17, 15) is 26.4 Å². The van der Waals surface area contributed by atoms with Crippen molar-refractivity contribution in [2.45, 2.75) is 30.5 Å². The number of ether oxygens (including phenoxy) is 3. The zero-order chi connectivity index (χ0) is 24.2. The van der Waals surface area contributed by atoms with Crippen LogP contribution in [0.4, 0.5) is 13.2 Å². The predicted octanol–water partition coefficient (Wildman–Crippen LogP) is 3.41. The van der Waals surface area contributed by atoms with E-state index in [-0.39, 0.29) is 48.1 Å². The number of carbonyl (C=O) groups is 1. The van der Waals surface area contributed by atoms with Crippen molar-refractivity contribution < 1.29 is 40.6 Å². The van der Waals surface area contributed by atoms with Gasteiger partial charge in [-0.15, -0.1) is 0 Å². The third-order valence-corrected chi connectivity index (χ3v) is 7.10. The Hall–Kier alpha value is -2.63. The van der Waals surface area contributed by atoms with Crippen LogP contribution in [0.5, 0.6) is 5.75 Å². The fourth-order valence-electron chi connectivity index (χ4n) is 3.49. The molecule has 1 atom stereocenters. The van der Waals surface area contributed by atoms with Crippen LogP contribution >= 0.6 is 0 Å². The average molecular weight is 487 g/mol. The van der Waals surface area contributed by atoms with Crippen LogP contribution in [0.1, 0.15) is 22.8 Å². The van der Waals surface area contributed by atoms with Crippen LogP contribution in [0.3, 0.4) is 0 Å². The lowest BCUT2D eigenvalue weighted by atomic mass is 10.0. The molecule has 1 aliphatic heterocycles. The molecule has 3 rings (SSSR count). The topological polar surface area (TPSA) is 82.1 Å². The fraction of sp³-hybridized carbons (Fsp3) is 0.409. The molecule has 0 amide bonds. The Morgan fingerprint density at radius 2 is 1.82 bits per heavy atom. The van der Waals surface area contributed by atoms with E-state index in [1.807, 2.05) is 0 Å². The van der Waals surface area contributed by atoms with Crippen molar-refractivity contribution in [3.05, 3.63) is 59.2 Å². The van der Waals surface area contributed by atoms with Gasteiger partial charge in [0, 0.05) is 18.7 Å².